The molecule has 2 N–H and O–H groups in total. The van der Waals surface area contributed by atoms with Gasteiger partial charge in [0.2, 0.25) is 0 Å². The summed E-state index contributed by atoms with van der Waals surface area (Å²) in [5.41, 5.74) is 7.32. The lowest BCUT2D eigenvalue weighted by Crippen LogP contribution is -2.04. The van der Waals surface area contributed by atoms with Gasteiger partial charge in [-0.15, -0.1) is 5.10 Å². The van der Waals surface area contributed by atoms with Crippen molar-refractivity contribution >= 4 is 5.69 Å². The van der Waals surface area contributed by atoms with Crippen molar-refractivity contribution in [2.24, 2.45) is 5.92 Å². The molecule has 1 aliphatic rings. The lowest BCUT2D eigenvalue weighted by Gasteiger charge is -2.07. The van der Waals surface area contributed by atoms with Crippen LogP contribution in [0.2, 0.25) is 0 Å². The number of hydrogen-bond acceptors (Lipinski definition) is 4. The molecule has 0 amide bonds. The number of benzene rings is 1. The van der Waals surface area contributed by atoms with Crippen LogP contribution >= 0.6 is 0 Å². The zero-order valence-electron chi connectivity index (χ0n) is 11.5. The second-order valence-corrected chi connectivity index (χ2v) is 5.48. The number of hydrogen-bond donors (Lipinski definition) is 1. The maximum Gasteiger partial charge on any atom is 0.182 e. The minimum atomic E-state index is -0.326. The summed E-state index contributed by atoms with van der Waals surface area (Å²) in [4.78, 5) is 0. The van der Waals surface area contributed by atoms with Crippen LogP contribution in [0.15, 0.2) is 12.1 Å². The molecule has 0 aliphatic heterocycles. The normalized spacial score (nSPS) is 14.7. The van der Waals surface area contributed by atoms with E-state index in [-0.39, 0.29) is 5.82 Å². The molecule has 0 atom stereocenters. The number of aromatic nitrogens is 4. The van der Waals surface area contributed by atoms with E-state index in [1.165, 1.54) is 25.3 Å². The van der Waals surface area contributed by atoms with E-state index in [1.54, 1.807) is 17.7 Å². The van der Waals surface area contributed by atoms with Gasteiger partial charge in [-0.05, 0) is 48.2 Å². The summed E-state index contributed by atoms with van der Waals surface area (Å²) in [5.74, 6) is 1.14. The Hall–Kier alpha value is -1.98. The van der Waals surface area contributed by atoms with Gasteiger partial charge in [-0.2, -0.15) is 0 Å². The molecule has 1 saturated carbocycles. The minimum Gasteiger partial charge on any atom is -0.398 e. The highest BCUT2D eigenvalue weighted by molar-refractivity contribution is 5.63. The third kappa shape index (κ3) is 2.64. The van der Waals surface area contributed by atoms with Crippen molar-refractivity contribution in [3.05, 3.63) is 23.5 Å². The van der Waals surface area contributed by atoms with Crippen molar-refractivity contribution in [2.45, 2.75) is 39.2 Å². The molecule has 0 saturated heterocycles. The first kappa shape index (κ1) is 13.0. The molecule has 0 bridgehead atoms. The molecule has 106 valence electrons. The molecule has 1 aliphatic carbocycles. The van der Waals surface area contributed by atoms with Gasteiger partial charge >= 0.3 is 0 Å². The van der Waals surface area contributed by atoms with E-state index < -0.39 is 0 Å². The summed E-state index contributed by atoms with van der Waals surface area (Å²) in [5, 5.41) is 11.7. The average molecular weight is 275 g/mol. The number of tetrazole rings is 1. The van der Waals surface area contributed by atoms with E-state index in [2.05, 4.69) is 15.5 Å². The number of nitrogen functional groups attached to an aromatic ring is 1. The standard InChI is InChI=1S/C14H18FN5/c1-9-12(15)7-11(8-13(9)16)14-17-18-19-20(14)6-2-3-10-4-5-10/h7-8,10H,2-6,16H2,1H3. The smallest absolute Gasteiger partial charge is 0.182 e. The Balaban J connectivity index is 1.80. The molecular weight excluding hydrogens is 257 g/mol. The van der Waals surface area contributed by atoms with E-state index in [9.17, 15) is 4.39 Å². The molecular formula is C14H18FN5. The molecule has 0 unspecified atom stereocenters. The highest BCUT2D eigenvalue weighted by Gasteiger charge is 2.20. The van der Waals surface area contributed by atoms with Gasteiger partial charge in [-0.25, -0.2) is 9.07 Å². The number of aryl methyl sites for hydroxylation is 1. The number of halogens is 1. The van der Waals surface area contributed by atoms with Crippen molar-refractivity contribution in [1.29, 1.82) is 0 Å². The lowest BCUT2D eigenvalue weighted by molar-refractivity contribution is 0.526. The Morgan fingerprint density at radius 3 is 2.90 bits per heavy atom. The fourth-order valence-corrected chi connectivity index (χ4v) is 2.33. The van der Waals surface area contributed by atoms with Crippen molar-refractivity contribution < 1.29 is 4.39 Å². The molecule has 3 rings (SSSR count). The maximum atomic E-state index is 13.8. The van der Waals surface area contributed by atoms with Gasteiger partial charge in [-0.1, -0.05) is 12.8 Å². The Bertz CT molecular complexity index is 595. The van der Waals surface area contributed by atoms with Crippen LogP contribution in [0.4, 0.5) is 10.1 Å². The zero-order chi connectivity index (χ0) is 14.1. The molecule has 5 nitrogen and oxygen atoms in total. The largest absolute Gasteiger partial charge is 0.398 e. The van der Waals surface area contributed by atoms with Crippen molar-refractivity contribution in [1.82, 2.24) is 20.2 Å². The lowest BCUT2D eigenvalue weighted by atomic mass is 10.1. The predicted molar refractivity (Wildman–Crippen MR) is 74.3 cm³/mol. The van der Waals surface area contributed by atoms with E-state index in [1.807, 2.05) is 0 Å². The van der Waals surface area contributed by atoms with Crippen molar-refractivity contribution in [3.63, 3.8) is 0 Å². The molecule has 1 fully saturated rings. The van der Waals surface area contributed by atoms with E-state index in [4.69, 9.17) is 5.73 Å². The minimum absolute atomic E-state index is 0.326. The Labute approximate surface area is 117 Å². The number of nitrogens with two attached hydrogens (primary N) is 1. The summed E-state index contributed by atoms with van der Waals surface area (Å²) < 4.78 is 15.5. The fraction of sp³-hybridized carbons (Fsp3) is 0.500. The van der Waals surface area contributed by atoms with Gasteiger partial charge in [0.1, 0.15) is 5.82 Å². The maximum absolute atomic E-state index is 13.8. The van der Waals surface area contributed by atoms with Gasteiger partial charge in [0.25, 0.3) is 0 Å². The third-order valence-electron chi connectivity index (χ3n) is 3.85. The fourth-order valence-electron chi connectivity index (χ4n) is 2.33. The first-order chi connectivity index (χ1) is 9.65. The summed E-state index contributed by atoms with van der Waals surface area (Å²) >= 11 is 0. The molecule has 20 heavy (non-hydrogen) atoms. The van der Waals surface area contributed by atoms with Gasteiger partial charge in [-0.3, -0.25) is 0 Å². The van der Waals surface area contributed by atoms with Gasteiger partial charge in [0.15, 0.2) is 5.82 Å². The average Bonchev–Trinajstić information content (AvgIpc) is 3.12. The number of anilines is 1. The van der Waals surface area contributed by atoms with Crippen LogP contribution in [0.1, 0.15) is 31.2 Å². The molecule has 6 heteroatoms. The van der Waals surface area contributed by atoms with Crippen LogP contribution in [0.25, 0.3) is 11.4 Å². The topological polar surface area (TPSA) is 69.6 Å². The van der Waals surface area contributed by atoms with Crippen LogP contribution in [0, 0.1) is 18.7 Å². The number of nitrogens with zero attached hydrogens (tertiary/aromatic N) is 4. The highest BCUT2D eigenvalue weighted by atomic mass is 19.1. The quantitative estimate of drug-likeness (QED) is 0.851. The molecule has 2 aromatic rings. The second-order valence-electron chi connectivity index (χ2n) is 5.48. The first-order valence-electron chi connectivity index (χ1n) is 6.97. The monoisotopic (exact) mass is 275 g/mol. The first-order valence-corrected chi connectivity index (χ1v) is 6.97. The molecule has 0 radical (unpaired) electrons. The summed E-state index contributed by atoms with van der Waals surface area (Å²) in [6.07, 6.45) is 4.96. The highest BCUT2D eigenvalue weighted by Crippen LogP contribution is 2.33. The van der Waals surface area contributed by atoms with E-state index >= 15 is 0 Å². The van der Waals surface area contributed by atoms with Crippen LogP contribution in [-0.2, 0) is 6.54 Å². The Kier molecular flexibility index (Phi) is 3.38. The molecule has 1 aromatic carbocycles. The van der Waals surface area contributed by atoms with Gasteiger partial charge in [0, 0.05) is 23.4 Å². The molecule has 0 spiro atoms. The second kappa shape index (κ2) is 5.19. The summed E-state index contributed by atoms with van der Waals surface area (Å²) in [6.45, 7) is 2.42. The summed E-state index contributed by atoms with van der Waals surface area (Å²) in [7, 11) is 0. The third-order valence-corrected chi connectivity index (χ3v) is 3.85. The van der Waals surface area contributed by atoms with Gasteiger partial charge in [0.05, 0.1) is 0 Å². The van der Waals surface area contributed by atoms with E-state index in [0.29, 0.717) is 22.6 Å². The van der Waals surface area contributed by atoms with Crippen LogP contribution in [0.3, 0.4) is 0 Å². The SMILES string of the molecule is Cc1c(N)cc(-c2nnnn2CCCC2CC2)cc1F. The van der Waals surface area contributed by atoms with Crippen molar-refractivity contribution in [3.8, 4) is 11.4 Å². The van der Waals surface area contributed by atoms with Gasteiger partial charge < -0.3 is 5.73 Å². The van der Waals surface area contributed by atoms with Crippen LogP contribution in [-0.4, -0.2) is 20.2 Å². The van der Waals surface area contributed by atoms with Crippen molar-refractivity contribution in [2.75, 3.05) is 5.73 Å². The molecule has 1 heterocycles. The summed E-state index contributed by atoms with van der Waals surface area (Å²) in [6, 6.07) is 3.16. The molecule has 1 aromatic heterocycles. The Morgan fingerprint density at radius 1 is 1.40 bits per heavy atom. The number of rotatable bonds is 5. The Morgan fingerprint density at radius 2 is 2.20 bits per heavy atom. The predicted octanol–water partition coefficient (Wildman–Crippen LogP) is 2.56. The van der Waals surface area contributed by atoms with Crippen LogP contribution in [0.5, 0.6) is 0 Å². The van der Waals surface area contributed by atoms with Crippen LogP contribution < -0.4 is 5.73 Å². The zero-order valence-corrected chi connectivity index (χ0v) is 11.5. The van der Waals surface area contributed by atoms with E-state index in [0.717, 1.165) is 18.9 Å².